The largest absolute Gasteiger partial charge is 0.455 e. The summed E-state index contributed by atoms with van der Waals surface area (Å²) in [5, 5.41) is 7.12. The topological polar surface area (TPSA) is 26.2 Å². The van der Waals surface area contributed by atoms with Crippen molar-refractivity contribution in [1.29, 1.82) is 0 Å². The van der Waals surface area contributed by atoms with Gasteiger partial charge >= 0.3 is 0 Å². The first-order valence-corrected chi connectivity index (χ1v) is 19.8. The van der Waals surface area contributed by atoms with Crippen molar-refractivity contribution in [2.45, 2.75) is 0 Å². The van der Waals surface area contributed by atoms with Crippen molar-refractivity contribution in [2.24, 2.45) is 0 Å². The number of benzene rings is 9. The third-order valence-corrected chi connectivity index (χ3v) is 11.7. The second kappa shape index (κ2) is 12.9. The summed E-state index contributed by atoms with van der Waals surface area (Å²) < 4.78 is 11.2. The smallest absolute Gasteiger partial charge is 0.143 e. The quantitative estimate of drug-likeness (QED) is 0.170. The molecule has 3 aromatic heterocycles. The van der Waals surface area contributed by atoms with Crippen LogP contribution in [-0.2, 0) is 0 Å². The summed E-state index contributed by atoms with van der Waals surface area (Å²) in [6.07, 6.45) is 0. The van der Waals surface area contributed by atoms with Gasteiger partial charge in [0, 0.05) is 66.3 Å². The van der Waals surface area contributed by atoms with Crippen LogP contribution >= 0.6 is 0 Å². The van der Waals surface area contributed by atoms with Gasteiger partial charge in [-0.1, -0.05) is 121 Å². The Bertz CT molecular complexity index is 3340. The number of hydrogen-bond acceptors (Lipinski definition) is 2. The highest BCUT2D eigenvalue weighted by molar-refractivity contribution is 6.13. The Hall–Kier alpha value is -7.82. The Kier molecular flexibility index (Phi) is 7.20. The van der Waals surface area contributed by atoms with E-state index in [1.54, 1.807) is 0 Å². The standard InChI is InChI=1S/C54H35N3O/c1-3-14-37(15-4-1)56-49-23-10-7-18-43(49)47-34-40(30-32-51(47)56)55(39-28-26-36(27-29-39)42-21-13-22-46-45-20-9-12-25-53(45)58-54(42)46)41-31-33-52-48(35-41)44-19-8-11-24-50(44)57(52)38-16-5-2-6-17-38/h1-35H. The normalized spacial score (nSPS) is 11.8. The predicted molar refractivity (Wildman–Crippen MR) is 243 cm³/mol. The summed E-state index contributed by atoms with van der Waals surface area (Å²) in [6, 6.07) is 76.2. The van der Waals surface area contributed by atoms with Gasteiger partial charge in [-0.2, -0.15) is 0 Å². The number of fused-ring (bicyclic) bond motifs is 9. The van der Waals surface area contributed by atoms with Gasteiger partial charge in [0.15, 0.2) is 0 Å². The van der Waals surface area contributed by atoms with Crippen molar-refractivity contribution >= 4 is 82.6 Å². The van der Waals surface area contributed by atoms with Crippen molar-refractivity contribution in [2.75, 3.05) is 4.90 Å². The molecule has 4 heteroatoms. The summed E-state index contributed by atoms with van der Waals surface area (Å²) in [6.45, 7) is 0. The number of furan rings is 1. The van der Waals surface area contributed by atoms with E-state index in [1.165, 1.54) is 43.6 Å². The molecule has 0 unspecified atom stereocenters. The van der Waals surface area contributed by atoms with E-state index in [4.69, 9.17) is 4.42 Å². The van der Waals surface area contributed by atoms with Crippen molar-refractivity contribution in [3.63, 3.8) is 0 Å². The molecule has 0 aliphatic heterocycles. The highest BCUT2D eigenvalue weighted by Crippen LogP contribution is 2.43. The van der Waals surface area contributed by atoms with Gasteiger partial charge in [0.2, 0.25) is 0 Å². The highest BCUT2D eigenvalue weighted by Gasteiger charge is 2.20. The molecule has 0 radical (unpaired) electrons. The molecular weight excluding hydrogens is 707 g/mol. The van der Waals surface area contributed by atoms with Crippen LogP contribution in [-0.4, -0.2) is 9.13 Å². The van der Waals surface area contributed by atoms with Crippen LogP contribution in [0.25, 0.3) is 88.1 Å². The van der Waals surface area contributed by atoms with Gasteiger partial charge < -0.3 is 18.5 Å². The molecule has 4 nitrogen and oxygen atoms in total. The van der Waals surface area contributed by atoms with Crippen LogP contribution in [0.15, 0.2) is 217 Å². The first-order chi connectivity index (χ1) is 28.8. The number of anilines is 3. The minimum absolute atomic E-state index is 0.903. The molecule has 12 aromatic rings. The maximum Gasteiger partial charge on any atom is 0.143 e. The maximum absolute atomic E-state index is 6.46. The number of hydrogen-bond donors (Lipinski definition) is 0. The monoisotopic (exact) mass is 741 g/mol. The van der Waals surface area contributed by atoms with Crippen LogP contribution < -0.4 is 4.90 Å². The molecule has 0 aliphatic carbocycles. The van der Waals surface area contributed by atoms with Crippen LogP contribution in [0.2, 0.25) is 0 Å². The number of nitrogens with zero attached hydrogens (tertiary/aromatic N) is 3. The Morgan fingerprint density at radius 2 is 0.793 bits per heavy atom. The first kappa shape index (κ1) is 32.4. The van der Waals surface area contributed by atoms with E-state index in [0.717, 1.165) is 61.5 Å². The van der Waals surface area contributed by atoms with Gasteiger partial charge in [-0.3, -0.25) is 0 Å². The molecule has 58 heavy (non-hydrogen) atoms. The first-order valence-electron chi connectivity index (χ1n) is 19.8. The van der Waals surface area contributed by atoms with Crippen LogP contribution in [0, 0.1) is 0 Å². The average Bonchev–Trinajstić information content (AvgIpc) is 3.95. The Labute approximate surface area is 334 Å². The summed E-state index contributed by atoms with van der Waals surface area (Å²) in [4.78, 5) is 2.40. The Morgan fingerprint density at radius 1 is 0.328 bits per heavy atom. The van der Waals surface area contributed by atoms with Gasteiger partial charge in [-0.25, -0.2) is 0 Å². The number of aromatic nitrogens is 2. The lowest BCUT2D eigenvalue weighted by Gasteiger charge is -2.26. The Morgan fingerprint density at radius 3 is 1.38 bits per heavy atom. The van der Waals surface area contributed by atoms with Crippen LogP contribution in [0.1, 0.15) is 0 Å². The SMILES string of the molecule is c1ccc(-n2c3ccccc3c3cc(N(c4ccc(-c5cccc6c5oc5ccccc56)cc4)c4ccc5c(c4)c4ccccc4n5-c4ccccc4)ccc32)cc1. The summed E-state index contributed by atoms with van der Waals surface area (Å²) in [5.41, 5.74) is 14.3. The fourth-order valence-corrected chi connectivity index (χ4v) is 9.12. The molecule has 3 heterocycles. The fraction of sp³-hybridized carbons (Fsp3) is 0. The van der Waals surface area contributed by atoms with Crippen LogP contribution in [0.3, 0.4) is 0 Å². The second-order valence-electron chi connectivity index (χ2n) is 14.9. The van der Waals surface area contributed by atoms with E-state index in [2.05, 4.69) is 214 Å². The Balaban J connectivity index is 1.07. The molecular formula is C54H35N3O. The molecule has 0 saturated heterocycles. The zero-order valence-electron chi connectivity index (χ0n) is 31.5. The van der Waals surface area contributed by atoms with Crippen molar-refractivity contribution in [3.8, 4) is 22.5 Å². The lowest BCUT2D eigenvalue weighted by Crippen LogP contribution is -2.10. The van der Waals surface area contributed by atoms with Gasteiger partial charge in [0.05, 0.1) is 22.1 Å². The highest BCUT2D eigenvalue weighted by atomic mass is 16.3. The van der Waals surface area contributed by atoms with Crippen molar-refractivity contribution in [1.82, 2.24) is 9.13 Å². The van der Waals surface area contributed by atoms with E-state index < -0.39 is 0 Å². The van der Waals surface area contributed by atoms with Gasteiger partial charge in [-0.15, -0.1) is 0 Å². The third-order valence-electron chi connectivity index (χ3n) is 11.7. The molecule has 12 rings (SSSR count). The third kappa shape index (κ3) is 4.95. The second-order valence-corrected chi connectivity index (χ2v) is 14.9. The van der Waals surface area contributed by atoms with E-state index in [9.17, 15) is 0 Å². The summed E-state index contributed by atoms with van der Waals surface area (Å²) >= 11 is 0. The molecule has 0 fully saturated rings. The van der Waals surface area contributed by atoms with Crippen LogP contribution in [0.5, 0.6) is 0 Å². The average molecular weight is 742 g/mol. The molecule has 0 saturated carbocycles. The summed E-state index contributed by atoms with van der Waals surface area (Å²) in [5.74, 6) is 0. The van der Waals surface area contributed by atoms with Crippen LogP contribution in [0.4, 0.5) is 17.1 Å². The van der Waals surface area contributed by atoms with E-state index >= 15 is 0 Å². The predicted octanol–water partition coefficient (Wildman–Crippen LogP) is 14.9. The minimum Gasteiger partial charge on any atom is -0.455 e. The minimum atomic E-state index is 0.903. The lowest BCUT2D eigenvalue weighted by molar-refractivity contribution is 0.670. The molecule has 0 spiro atoms. The van der Waals surface area contributed by atoms with E-state index in [1.807, 2.05) is 12.1 Å². The molecule has 9 aromatic carbocycles. The zero-order chi connectivity index (χ0) is 38.2. The molecule has 0 N–H and O–H groups in total. The van der Waals surface area contributed by atoms with E-state index in [0.29, 0.717) is 0 Å². The number of para-hydroxylation sites is 6. The lowest BCUT2D eigenvalue weighted by atomic mass is 10.0. The van der Waals surface area contributed by atoms with Gasteiger partial charge in [0.1, 0.15) is 11.2 Å². The molecule has 0 amide bonds. The van der Waals surface area contributed by atoms with Gasteiger partial charge in [-0.05, 0) is 96.6 Å². The fourth-order valence-electron chi connectivity index (χ4n) is 9.12. The molecule has 0 aliphatic rings. The number of rotatable bonds is 6. The molecule has 0 atom stereocenters. The van der Waals surface area contributed by atoms with Crippen molar-refractivity contribution in [3.05, 3.63) is 212 Å². The van der Waals surface area contributed by atoms with E-state index in [-0.39, 0.29) is 0 Å². The zero-order valence-corrected chi connectivity index (χ0v) is 31.5. The maximum atomic E-state index is 6.46. The molecule has 272 valence electrons. The van der Waals surface area contributed by atoms with Gasteiger partial charge in [0.25, 0.3) is 0 Å². The molecule has 0 bridgehead atoms. The van der Waals surface area contributed by atoms with Crippen molar-refractivity contribution < 1.29 is 4.42 Å². The summed E-state index contributed by atoms with van der Waals surface area (Å²) in [7, 11) is 0.